The molecule has 0 fully saturated rings. The lowest BCUT2D eigenvalue weighted by Gasteiger charge is -2.17. The first-order valence-corrected chi connectivity index (χ1v) is 8.95. The van der Waals surface area contributed by atoms with Gasteiger partial charge in [0.25, 0.3) is 0 Å². The van der Waals surface area contributed by atoms with Gasteiger partial charge in [-0.3, -0.25) is 0 Å². The van der Waals surface area contributed by atoms with Crippen LogP contribution in [-0.2, 0) is 9.84 Å². The summed E-state index contributed by atoms with van der Waals surface area (Å²) >= 11 is 0. The summed E-state index contributed by atoms with van der Waals surface area (Å²) in [7, 11) is -3.18. The number of aliphatic hydroxyl groups is 1. The summed E-state index contributed by atoms with van der Waals surface area (Å²) in [5, 5.41) is 13.4. The Kier molecular flexibility index (Phi) is 6.65. The van der Waals surface area contributed by atoms with Gasteiger partial charge < -0.3 is 10.4 Å². The van der Waals surface area contributed by atoms with E-state index in [2.05, 4.69) is 19.2 Å². The SMILES string of the molecule is CCCCC(C)NCC(O)c1ccc(S(C)(=O)=O)cc1. The molecule has 2 atom stereocenters. The zero-order chi connectivity index (χ0) is 15.2. The summed E-state index contributed by atoms with van der Waals surface area (Å²) in [6, 6.07) is 6.78. The zero-order valence-electron chi connectivity index (χ0n) is 12.5. The second-order valence-electron chi connectivity index (χ2n) is 5.31. The molecule has 0 saturated carbocycles. The van der Waals surface area contributed by atoms with E-state index in [1.54, 1.807) is 12.1 Å². The molecule has 0 heterocycles. The molecule has 0 aliphatic rings. The normalized spacial score (nSPS) is 15.0. The predicted molar refractivity (Wildman–Crippen MR) is 81.5 cm³/mol. The fourth-order valence-electron chi connectivity index (χ4n) is 1.98. The lowest BCUT2D eigenvalue weighted by molar-refractivity contribution is 0.169. The molecule has 4 nitrogen and oxygen atoms in total. The van der Waals surface area contributed by atoms with Crippen LogP contribution in [-0.4, -0.2) is 32.4 Å². The van der Waals surface area contributed by atoms with Gasteiger partial charge in [-0.2, -0.15) is 0 Å². The lowest BCUT2D eigenvalue weighted by Crippen LogP contribution is -2.30. The molecule has 0 aliphatic heterocycles. The Bertz CT molecular complexity index is 496. The molecule has 1 rings (SSSR count). The minimum atomic E-state index is -3.18. The third kappa shape index (κ3) is 5.61. The second kappa shape index (κ2) is 7.76. The Morgan fingerprint density at radius 3 is 2.35 bits per heavy atom. The fourth-order valence-corrected chi connectivity index (χ4v) is 2.61. The number of hydrogen-bond acceptors (Lipinski definition) is 4. The van der Waals surface area contributed by atoms with Crippen molar-refractivity contribution in [3.63, 3.8) is 0 Å². The highest BCUT2D eigenvalue weighted by Gasteiger charge is 2.11. The quantitative estimate of drug-likeness (QED) is 0.773. The number of nitrogens with one attached hydrogen (secondary N) is 1. The van der Waals surface area contributed by atoms with E-state index >= 15 is 0 Å². The number of benzene rings is 1. The molecule has 2 N–H and O–H groups in total. The number of aliphatic hydroxyl groups excluding tert-OH is 1. The van der Waals surface area contributed by atoms with Gasteiger partial charge >= 0.3 is 0 Å². The molecule has 0 bridgehead atoms. The van der Waals surface area contributed by atoms with Crippen molar-refractivity contribution >= 4 is 9.84 Å². The first-order valence-electron chi connectivity index (χ1n) is 7.06. The van der Waals surface area contributed by atoms with Crippen LogP contribution >= 0.6 is 0 Å². The summed E-state index contributed by atoms with van der Waals surface area (Å²) in [5.41, 5.74) is 0.729. The average molecular weight is 299 g/mol. The van der Waals surface area contributed by atoms with Gasteiger partial charge in [-0.05, 0) is 31.0 Å². The first kappa shape index (κ1) is 17.1. The van der Waals surface area contributed by atoms with E-state index < -0.39 is 15.9 Å². The van der Waals surface area contributed by atoms with Crippen LogP contribution in [0.25, 0.3) is 0 Å². The van der Waals surface area contributed by atoms with Gasteiger partial charge in [0.1, 0.15) is 0 Å². The second-order valence-corrected chi connectivity index (χ2v) is 7.32. The Balaban J connectivity index is 2.54. The van der Waals surface area contributed by atoms with Crippen LogP contribution in [0, 0.1) is 0 Å². The van der Waals surface area contributed by atoms with Crippen LogP contribution in [0.1, 0.15) is 44.8 Å². The van der Waals surface area contributed by atoms with E-state index in [9.17, 15) is 13.5 Å². The molecule has 0 saturated heterocycles. The average Bonchev–Trinajstić information content (AvgIpc) is 2.41. The van der Waals surface area contributed by atoms with Crippen LogP contribution in [0.3, 0.4) is 0 Å². The van der Waals surface area contributed by atoms with Crippen LogP contribution in [0.4, 0.5) is 0 Å². The van der Waals surface area contributed by atoms with Crippen molar-refractivity contribution in [3.05, 3.63) is 29.8 Å². The maximum Gasteiger partial charge on any atom is 0.175 e. The molecule has 2 unspecified atom stereocenters. The smallest absolute Gasteiger partial charge is 0.175 e. The third-order valence-electron chi connectivity index (χ3n) is 3.34. The molecule has 20 heavy (non-hydrogen) atoms. The Labute approximate surface area is 122 Å². The van der Waals surface area contributed by atoms with Crippen molar-refractivity contribution in [2.75, 3.05) is 12.8 Å². The highest BCUT2D eigenvalue weighted by molar-refractivity contribution is 7.90. The van der Waals surface area contributed by atoms with Crippen LogP contribution in [0.2, 0.25) is 0 Å². The molecule has 114 valence electrons. The van der Waals surface area contributed by atoms with Crippen LogP contribution in [0.5, 0.6) is 0 Å². The van der Waals surface area contributed by atoms with Crippen molar-refractivity contribution in [1.29, 1.82) is 0 Å². The Morgan fingerprint density at radius 2 is 1.85 bits per heavy atom. The van der Waals surface area contributed by atoms with E-state index in [0.29, 0.717) is 12.6 Å². The highest BCUT2D eigenvalue weighted by Crippen LogP contribution is 2.16. The van der Waals surface area contributed by atoms with Crippen molar-refractivity contribution < 1.29 is 13.5 Å². The van der Waals surface area contributed by atoms with Crippen LogP contribution < -0.4 is 5.32 Å². The van der Waals surface area contributed by atoms with Crippen molar-refractivity contribution in [2.24, 2.45) is 0 Å². The van der Waals surface area contributed by atoms with E-state index in [1.165, 1.54) is 31.2 Å². The topological polar surface area (TPSA) is 66.4 Å². The van der Waals surface area contributed by atoms with E-state index in [0.717, 1.165) is 12.0 Å². The van der Waals surface area contributed by atoms with Crippen LogP contribution in [0.15, 0.2) is 29.2 Å². The molecule has 0 spiro atoms. The number of rotatable bonds is 8. The number of hydrogen-bond donors (Lipinski definition) is 2. The van der Waals surface area contributed by atoms with E-state index in [1.807, 2.05) is 0 Å². The maximum atomic E-state index is 11.4. The molecule has 0 radical (unpaired) electrons. The fraction of sp³-hybridized carbons (Fsp3) is 0.600. The van der Waals surface area contributed by atoms with Gasteiger partial charge in [0.05, 0.1) is 11.0 Å². The lowest BCUT2D eigenvalue weighted by atomic mass is 10.1. The van der Waals surface area contributed by atoms with E-state index in [4.69, 9.17) is 0 Å². The molecule has 5 heteroatoms. The van der Waals surface area contributed by atoms with Gasteiger partial charge in [0.15, 0.2) is 9.84 Å². The monoisotopic (exact) mass is 299 g/mol. The van der Waals surface area contributed by atoms with Gasteiger partial charge in [0.2, 0.25) is 0 Å². The van der Waals surface area contributed by atoms with Crippen molar-refractivity contribution in [1.82, 2.24) is 5.32 Å². The molecule has 1 aromatic carbocycles. The molecule has 1 aromatic rings. The predicted octanol–water partition coefficient (Wildman–Crippen LogP) is 2.29. The van der Waals surface area contributed by atoms with Crippen molar-refractivity contribution in [2.45, 2.75) is 50.2 Å². The highest BCUT2D eigenvalue weighted by atomic mass is 32.2. The molecule has 0 amide bonds. The summed E-state index contributed by atoms with van der Waals surface area (Å²) in [4.78, 5) is 0.276. The Morgan fingerprint density at radius 1 is 1.25 bits per heavy atom. The summed E-state index contributed by atoms with van der Waals surface area (Å²) in [5.74, 6) is 0. The van der Waals surface area contributed by atoms with Gasteiger partial charge in [-0.15, -0.1) is 0 Å². The standard InChI is InChI=1S/C15H25NO3S/c1-4-5-6-12(2)16-11-15(17)13-7-9-14(10-8-13)20(3,18)19/h7-10,12,15-17H,4-6,11H2,1-3H3. The first-order chi connectivity index (χ1) is 9.34. The summed E-state index contributed by atoms with van der Waals surface area (Å²) in [6.07, 6.45) is 3.99. The number of unbranched alkanes of at least 4 members (excludes halogenated alkanes) is 1. The molecule has 0 aliphatic carbocycles. The Hall–Kier alpha value is -0.910. The molecule has 0 aromatic heterocycles. The molecular formula is C15H25NO3S. The third-order valence-corrected chi connectivity index (χ3v) is 4.47. The molecular weight excluding hydrogens is 274 g/mol. The largest absolute Gasteiger partial charge is 0.387 e. The van der Waals surface area contributed by atoms with Gasteiger partial charge in [-0.1, -0.05) is 31.9 Å². The zero-order valence-corrected chi connectivity index (χ0v) is 13.3. The minimum Gasteiger partial charge on any atom is -0.387 e. The van der Waals surface area contributed by atoms with Gasteiger partial charge in [0, 0.05) is 18.8 Å². The number of sulfone groups is 1. The van der Waals surface area contributed by atoms with Gasteiger partial charge in [-0.25, -0.2) is 8.42 Å². The van der Waals surface area contributed by atoms with Crippen molar-refractivity contribution in [3.8, 4) is 0 Å². The maximum absolute atomic E-state index is 11.4. The van der Waals surface area contributed by atoms with E-state index in [-0.39, 0.29) is 4.90 Å². The minimum absolute atomic E-state index is 0.276. The summed E-state index contributed by atoms with van der Waals surface area (Å²) in [6.45, 7) is 4.74. The summed E-state index contributed by atoms with van der Waals surface area (Å²) < 4.78 is 22.7.